The average Bonchev–Trinajstić information content (AvgIpc) is 2.13. The van der Waals surface area contributed by atoms with Crippen LogP contribution in [0.3, 0.4) is 0 Å². The van der Waals surface area contributed by atoms with E-state index in [4.69, 9.17) is 10.8 Å². The summed E-state index contributed by atoms with van der Waals surface area (Å²) in [6, 6.07) is 0.333. The number of esters is 1. The Morgan fingerprint density at radius 2 is 1.25 bits per heavy atom. The van der Waals surface area contributed by atoms with E-state index >= 15 is 0 Å². The second-order valence-corrected chi connectivity index (χ2v) is 5.22. The number of hydrogen-bond donors (Lipinski definition) is 2. The Balaban J connectivity index is -0.0000000512. The molecule has 0 spiro atoms. The lowest BCUT2D eigenvalue weighted by atomic mass is 10.2. The molecule has 0 aromatic carbocycles. The first-order valence-corrected chi connectivity index (χ1v) is 6.51. The molecule has 0 aliphatic heterocycles. The summed E-state index contributed by atoms with van der Waals surface area (Å²) < 4.78 is 4.37. The highest BCUT2D eigenvalue weighted by molar-refractivity contribution is 5.71. The molecule has 4 heteroatoms. The largest absolute Gasteiger partial charge is 0.469 e. The minimum Gasteiger partial charge on any atom is -0.469 e. The molecule has 0 unspecified atom stereocenters. The lowest BCUT2D eigenvalue weighted by Gasteiger charge is -1.97. The van der Waals surface area contributed by atoms with Gasteiger partial charge in [0.1, 0.15) is 0 Å². The van der Waals surface area contributed by atoms with Crippen LogP contribution in [-0.4, -0.2) is 30.3 Å². The standard InChI is InChI=1S/C5H10O2.C4H8.C3H9N.C3H8O.CH4/c1-4(2)5(6)7-3;1-4(2)3;2*1-3(2)4;/h4H,1-3H3;1H2,2-3H3;3H,4H2,1-2H3;3-4H,1-2H3;1H4. The number of aliphatic hydroxyl groups is 1. The highest BCUT2D eigenvalue weighted by Gasteiger charge is 2.03. The predicted molar refractivity (Wildman–Crippen MR) is 90.8 cm³/mol. The fraction of sp³-hybridized carbons (Fsp3) is 0.812. The van der Waals surface area contributed by atoms with Crippen molar-refractivity contribution in [1.29, 1.82) is 0 Å². The zero-order valence-electron chi connectivity index (χ0n) is 14.3. The number of ether oxygens (including phenoxy) is 1. The van der Waals surface area contributed by atoms with Crippen LogP contribution in [0, 0.1) is 5.92 Å². The van der Waals surface area contributed by atoms with E-state index in [9.17, 15) is 4.79 Å². The maximum absolute atomic E-state index is 10.3. The van der Waals surface area contributed by atoms with Crippen LogP contribution >= 0.6 is 0 Å². The first-order chi connectivity index (χ1) is 8.38. The Labute approximate surface area is 127 Å². The SMILES string of the molecule is C.C=C(C)C.CC(C)N.CC(C)O.COC(=O)C(C)C. The number of aliphatic hydroxyl groups excluding tert-OH is 1. The van der Waals surface area contributed by atoms with Crippen LogP contribution in [0.5, 0.6) is 0 Å². The predicted octanol–water partition coefficient (Wildman–Crippen LogP) is 3.77. The van der Waals surface area contributed by atoms with Crippen molar-refractivity contribution < 1.29 is 14.6 Å². The van der Waals surface area contributed by atoms with Crippen LogP contribution in [0.1, 0.15) is 62.8 Å². The van der Waals surface area contributed by atoms with E-state index in [2.05, 4.69) is 11.3 Å². The summed E-state index contributed by atoms with van der Waals surface area (Å²) in [5, 5.41) is 8.06. The summed E-state index contributed by atoms with van der Waals surface area (Å²) in [4.78, 5) is 10.3. The zero-order valence-corrected chi connectivity index (χ0v) is 14.3. The fourth-order valence-corrected chi connectivity index (χ4v) is 0.236. The van der Waals surface area contributed by atoms with Gasteiger partial charge in [0.05, 0.1) is 13.0 Å². The van der Waals surface area contributed by atoms with Gasteiger partial charge in [0.15, 0.2) is 0 Å². The molecule has 126 valence electrons. The molecule has 4 nitrogen and oxygen atoms in total. The lowest BCUT2D eigenvalue weighted by Crippen LogP contribution is -2.07. The van der Waals surface area contributed by atoms with E-state index in [0.29, 0.717) is 6.04 Å². The Bertz CT molecular complexity index is 184. The van der Waals surface area contributed by atoms with E-state index in [-0.39, 0.29) is 25.4 Å². The molecular formula is C16H39NO3. The van der Waals surface area contributed by atoms with Crippen LogP contribution in [-0.2, 0) is 9.53 Å². The molecule has 0 radical (unpaired) electrons. The van der Waals surface area contributed by atoms with E-state index < -0.39 is 0 Å². The Morgan fingerprint density at radius 1 is 1.10 bits per heavy atom. The molecule has 0 amide bonds. The van der Waals surface area contributed by atoms with Crippen LogP contribution < -0.4 is 5.73 Å². The van der Waals surface area contributed by atoms with Crippen molar-refractivity contribution in [2.45, 2.75) is 75.0 Å². The van der Waals surface area contributed by atoms with Crippen molar-refractivity contribution in [3.63, 3.8) is 0 Å². The molecule has 0 rings (SSSR count). The van der Waals surface area contributed by atoms with Crippen molar-refractivity contribution >= 4 is 5.97 Å². The lowest BCUT2D eigenvalue weighted by molar-refractivity contribution is -0.144. The van der Waals surface area contributed by atoms with Gasteiger partial charge in [-0.3, -0.25) is 4.79 Å². The molecule has 0 saturated heterocycles. The quantitative estimate of drug-likeness (QED) is 0.570. The molecule has 0 aromatic rings. The maximum atomic E-state index is 10.3. The highest BCUT2D eigenvalue weighted by Crippen LogP contribution is 1.91. The zero-order chi connectivity index (χ0) is 16.6. The molecule has 0 aliphatic carbocycles. The minimum atomic E-state index is -0.167. The third-order valence-corrected chi connectivity index (χ3v) is 0.673. The molecule has 0 fully saturated rings. The summed E-state index contributed by atoms with van der Waals surface area (Å²) in [5.74, 6) is -0.148. The topological polar surface area (TPSA) is 72.6 Å². The monoisotopic (exact) mass is 293 g/mol. The Hall–Kier alpha value is -0.870. The summed E-state index contributed by atoms with van der Waals surface area (Å²) in [5.41, 5.74) is 6.28. The van der Waals surface area contributed by atoms with Crippen LogP contribution in [0.2, 0.25) is 0 Å². The number of nitrogens with two attached hydrogens (primary N) is 1. The van der Waals surface area contributed by atoms with Crippen LogP contribution in [0.15, 0.2) is 12.2 Å². The minimum absolute atomic E-state index is 0. The summed E-state index contributed by atoms with van der Waals surface area (Å²) in [6.45, 7) is 18.4. The number of carbonyl (C=O) groups is 1. The van der Waals surface area contributed by atoms with Gasteiger partial charge in [0.25, 0.3) is 0 Å². The van der Waals surface area contributed by atoms with Crippen molar-refractivity contribution in [2.24, 2.45) is 11.7 Å². The number of carbonyl (C=O) groups excluding carboxylic acids is 1. The molecule has 0 atom stereocenters. The normalized spacial score (nSPS) is 8.10. The van der Waals surface area contributed by atoms with E-state index in [1.165, 1.54) is 12.7 Å². The van der Waals surface area contributed by atoms with Crippen LogP contribution in [0.4, 0.5) is 0 Å². The van der Waals surface area contributed by atoms with Gasteiger partial charge in [-0.25, -0.2) is 0 Å². The first-order valence-electron chi connectivity index (χ1n) is 6.51. The van der Waals surface area contributed by atoms with E-state index in [0.717, 1.165) is 0 Å². The molecule has 3 N–H and O–H groups in total. The molecular weight excluding hydrogens is 254 g/mol. The molecule has 0 heterocycles. The maximum Gasteiger partial charge on any atom is 0.308 e. The van der Waals surface area contributed by atoms with Crippen molar-refractivity contribution in [2.75, 3.05) is 7.11 Å². The van der Waals surface area contributed by atoms with Crippen molar-refractivity contribution in [3.8, 4) is 0 Å². The van der Waals surface area contributed by atoms with Gasteiger partial charge < -0.3 is 15.6 Å². The fourth-order valence-electron chi connectivity index (χ4n) is 0.236. The number of hydrogen-bond acceptors (Lipinski definition) is 4. The third kappa shape index (κ3) is 169. The Morgan fingerprint density at radius 3 is 1.25 bits per heavy atom. The van der Waals surface area contributed by atoms with Gasteiger partial charge in [-0.1, -0.05) is 40.7 Å². The molecule has 0 aromatic heterocycles. The van der Waals surface area contributed by atoms with Gasteiger partial charge in [-0.15, -0.1) is 6.58 Å². The Kier molecular flexibility index (Phi) is 36.6. The van der Waals surface area contributed by atoms with Crippen molar-refractivity contribution in [1.82, 2.24) is 0 Å². The molecule has 0 saturated carbocycles. The summed E-state index contributed by atoms with van der Waals surface area (Å²) in [7, 11) is 1.39. The second kappa shape index (κ2) is 23.2. The summed E-state index contributed by atoms with van der Waals surface area (Å²) in [6.07, 6.45) is -0.167. The average molecular weight is 293 g/mol. The van der Waals surface area contributed by atoms with Crippen LogP contribution in [0.25, 0.3) is 0 Å². The van der Waals surface area contributed by atoms with Gasteiger partial charge in [-0.05, 0) is 33.7 Å². The number of methoxy groups -OCH3 is 1. The summed E-state index contributed by atoms with van der Waals surface area (Å²) >= 11 is 0. The van der Waals surface area contributed by atoms with E-state index in [1.54, 1.807) is 27.7 Å². The number of allylic oxidation sites excluding steroid dienone is 1. The van der Waals surface area contributed by atoms with Gasteiger partial charge in [0.2, 0.25) is 0 Å². The molecule has 20 heavy (non-hydrogen) atoms. The van der Waals surface area contributed by atoms with E-state index in [1.807, 2.05) is 27.7 Å². The van der Waals surface area contributed by atoms with Crippen molar-refractivity contribution in [3.05, 3.63) is 12.2 Å². The van der Waals surface area contributed by atoms with Gasteiger partial charge in [-0.2, -0.15) is 0 Å². The number of rotatable bonds is 1. The molecule has 0 bridgehead atoms. The second-order valence-electron chi connectivity index (χ2n) is 5.22. The molecule has 0 aliphatic rings. The first kappa shape index (κ1) is 31.5. The van der Waals surface area contributed by atoms with Gasteiger partial charge in [0, 0.05) is 6.10 Å². The highest BCUT2D eigenvalue weighted by atomic mass is 16.5. The smallest absolute Gasteiger partial charge is 0.308 e. The third-order valence-electron chi connectivity index (χ3n) is 0.673. The van der Waals surface area contributed by atoms with Gasteiger partial charge >= 0.3 is 5.97 Å².